The molecule has 3 aromatic rings. The van der Waals surface area contributed by atoms with Crippen LogP contribution in [-0.2, 0) is 4.79 Å². The van der Waals surface area contributed by atoms with Crippen molar-refractivity contribution in [3.05, 3.63) is 89.2 Å². The fourth-order valence-corrected chi connectivity index (χ4v) is 5.09. The molecule has 2 unspecified atom stereocenters. The second kappa shape index (κ2) is 7.72. The number of thioether (sulfide) groups is 1. The number of hydrogen-bond acceptors (Lipinski definition) is 3. The Kier molecular flexibility index (Phi) is 5.11. The molecule has 3 N–H and O–H groups in total. The first-order chi connectivity index (χ1) is 14.0. The number of carbonyl (C=O) groups is 2. The minimum absolute atomic E-state index is 0.0892. The summed E-state index contributed by atoms with van der Waals surface area (Å²) in [4.78, 5) is 25.3. The van der Waals surface area contributed by atoms with Crippen molar-refractivity contribution < 1.29 is 14.0 Å². The summed E-state index contributed by atoms with van der Waals surface area (Å²) in [5.74, 6) is -1.27. The highest BCUT2D eigenvalue weighted by Crippen LogP contribution is 2.55. The molecule has 3 aromatic carbocycles. The molecular weight excluding hydrogens is 387 g/mol. The van der Waals surface area contributed by atoms with Crippen LogP contribution in [0.5, 0.6) is 0 Å². The van der Waals surface area contributed by atoms with E-state index in [4.69, 9.17) is 5.73 Å². The summed E-state index contributed by atoms with van der Waals surface area (Å²) in [6.07, 6.45) is 0. The third-order valence-corrected chi connectivity index (χ3v) is 6.53. The van der Waals surface area contributed by atoms with E-state index in [0.29, 0.717) is 5.56 Å². The number of hydrogen-bond donors (Lipinski definition) is 2. The van der Waals surface area contributed by atoms with Gasteiger partial charge >= 0.3 is 0 Å². The van der Waals surface area contributed by atoms with Gasteiger partial charge in [0.25, 0.3) is 0 Å². The van der Waals surface area contributed by atoms with Crippen molar-refractivity contribution in [2.75, 3.05) is 7.05 Å². The van der Waals surface area contributed by atoms with Gasteiger partial charge in [0, 0.05) is 17.5 Å². The van der Waals surface area contributed by atoms with Crippen molar-refractivity contribution in [1.82, 2.24) is 5.32 Å². The number of rotatable bonds is 4. The molecule has 0 spiro atoms. The molecule has 1 heterocycles. The molecule has 0 aromatic heterocycles. The molecule has 0 radical (unpaired) electrons. The number of benzene rings is 3. The molecule has 6 heteroatoms. The van der Waals surface area contributed by atoms with Gasteiger partial charge in [0.1, 0.15) is 5.82 Å². The Labute approximate surface area is 172 Å². The number of amides is 2. The second-order valence-electron chi connectivity index (χ2n) is 6.88. The van der Waals surface area contributed by atoms with Crippen molar-refractivity contribution in [3.63, 3.8) is 0 Å². The monoisotopic (exact) mass is 406 g/mol. The van der Waals surface area contributed by atoms with Gasteiger partial charge < -0.3 is 11.1 Å². The first-order valence-corrected chi connectivity index (χ1v) is 10.0. The van der Waals surface area contributed by atoms with Crippen LogP contribution >= 0.6 is 11.8 Å². The van der Waals surface area contributed by atoms with Gasteiger partial charge in [-0.2, -0.15) is 0 Å². The van der Waals surface area contributed by atoms with Crippen molar-refractivity contribution in [2.45, 2.75) is 16.1 Å². The summed E-state index contributed by atoms with van der Waals surface area (Å²) in [6.45, 7) is 0. The van der Waals surface area contributed by atoms with E-state index in [2.05, 4.69) is 5.32 Å². The minimum atomic E-state index is -0.483. The summed E-state index contributed by atoms with van der Waals surface area (Å²) < 4.78 is 13.4. The van der Waals surface area contributed by atoms with Gasteiger partial charge in [-0.3, -0.25) is 9.59 Å². The predicted molar refractivity (Wildman–Crippen MR) is 112 cm³/mol. The van der Waals surface area contributed by atoms with Gasteiger partial charge in [0.15, 0.2) is 0 Å². The maximum atomic E-state index is 13.4. The highest BCUT2D eigenvalue weighted by Gasteiger charge is 2.39. The maximum Gasteiger partial charge on any atom is 0.248 e. The molecule has 29 heavy (non-hydrogen) atoms. The zero-order chi connectivity index (χ0) is 20.5. The molecule has 4 rings (SSSR count). The molecule has 1 aliphatic rings. The lowest BCUT2D eigenvalue weighted by Crippen LogP contribution is -2.27. The average molecular weight is 406 g/mol. The molecule has 1 aliphatic heterocycles. The molecule has 0 bridgehead atoms. The van der Waals surface area contributed by atoms with E-state index in [0.717, 1.165) is 27.1 Å². The van der Waals surface area contributed by atoms with E-state index < -0.39 is 11.8 Å². The zero-order valence-corrected chi connectivity index (χ0v) is 16.5. The first-order valence-electron chi connectivity index (χ1n) is 9.16. The summed E-state index contributed by atoms with van der Waals surface area (Å²) >= 11 is 1.60. The fraction of sp³-hybridized carbons (Fsp3) is 0.130. The number of halogens is 1. The Morgan fingerprint density at radius 1 is 1.00 bits per heavy atom. The Morgan fingerprint density at radius 3 is 2.41 bits per heavy atom. The zero-order valence-electron chi connectivity index (χ0n) is 15.7. The first kappa shape index (κ1) is 19.2. The summed E-state index contributed by atoms with van der Waals surface area (Å²) in [5, 5.41) is 2.61. The summed E-state index contributed by atoms with van der Waals surface area (Å²) in [6, 6.07) is 19.4. The van der Waals surface area contributed by atoms with Gasteiger partial charge in [0.2, 0.25) is 11.8 Å². The third kappa shape index (κ3) is 3.63. The van der Waals surface area contributed by atoms with Crippen LogP contribution in [0.25, 0.3) is 11.1 Å². The summed E-state index contributed by atoms with van der Waals surface area (Å²) in [7, 11) is 1.62. The molecule has 146 valence electrons. The lowest BCUT2D eigenvalue weighted by molar-refractivity contribution is -0.122. The van der Waals surface area contributed by atoms with Crippen molar-refractivity contribution >= 4 is 23.6 Å². The van der Waals surface area contributed by atoms with E-state index in [1.807, 2.05) is 24.3 Å². The van der Waals surface area contributed by atoms with Crippen LogP contribution in [0.15, 0.2) is 71.6 Å². The number of primary amides is 1. The standard InChI is InChI=1S/C23H19FN2O2S/c1-26-23(28)20-18-12-15(14-3-2-4-16(11-14)22(25)27)7-10-19(18)29-21(20)13-5-8-17(24)9-6-13/h2-12,20-21H,1H3,(H2,25,27)(H,26,28). The van der Waals surface area contributed by atoms with E-state index in [1.165, 1.54) is 12.1 Å². The fourth-order valence-electron chi connectivity index (χ4n) is 3.65. The predicted octanol–water partition coefficient (Wildman–Crippen LogP) is 4.27. The quantitative estimate of drug-likeness (QED) is 0.680. The van der Waals surface area contributed by atoms with Crippen LogP contribution in [0.3, 0.4) is 0 Å². The van der Waals surface area contributed by atoms with E-state index in [1.54, 1.807) is 49.1 Å². The topological polar surface area (TPSA) is 72.2 Å². The Hall–Kier alpha value is -3.12. The Bertz CT molecular complexity index is 1100. The molecule has 0 fully saturated rings. The van der Waals surface area contributed by atoms with Gasteiger partial charge in [-0.15, -0.1) is 11.8 Å². The lowest BCUT2D eigenvalue weighted by Gasteiger charge is -2.19. The number of nitrogens with two attached hydrogens (primary N) is 1. The van der Waals surface area contributed by atoms with Crippen LogP contribution in [0.2, 0.25) is 0 Å². The SMILES string of the molecule is CNC(=O)C1c2cc(-c3cccc(C(N)=O)c3)ccc2SC1c1ccc(F)cc1. The lowest BCUT2D eigenvalue weighted by atomic mass is 9.89. The molecular formula is C23H19FN2O2S. The van der Waals surface area contributed by atoms with Crippen molar-refractivity contribution in [1.29, 1.82) is 0 Å². The van der Waals surface area contributed by atoms with Gasteiger partial charge in [-0.1, -0.05) is 30.3 Å². The van der Waals surface area contributed by atoms with Crippen molar-refractivity contribution in [3.8, 4) is 11.1 Å². The van der Waals surface area contributed by atoms with Crippen LogP contribution in [-0.4, -0.2) is 18.9 Å². The van der Waals surface area contributed by atoms with Crippen LogP contribution < -0.4 is 11.1 Å². The van der Waals surface area contributed by atoms with Gasteiger partial charge in [-0.25, -0.2) is 4.39 Å². The normalized spacial score (nSPS) is 17.6. The molecule has 2 atom stereocenters. The van der Waals surface area contributed by atoms with Crippen LogP contribution in [0, 0.1) is 5.82 Å². The molecule has 2 amide bonds. The van der Waals surface area contributed by atoms with E-state index in [9.17, 15) is 14.0 Å². The van der Waals surface area contributed by atoms with E-state index in [-0.39, 0.29) is 17.0 Å². The largest absolute Gasteiger partial charge is 0.366 e. The maximum absolute atomic E-state index is 13.4. The molecule has 0 aliphatic carbocycles. The highest BCUT2D eigenvalue weighted by molar-refractivity contribution is 8.00. The van der Waals surface area contributed by atoms with Gasteiger partial charge in [0.05, 0.1) is 11.2 Å². The second-order valence-corrected chi connectivity index (χ2v) is 8.06. The van der Waals surface area contributed by atoms with Crippen molar-refractivity contribution in [2.24, 2.45) is 5.73 Å². The summed E-state index contributed by atoms with van der Waals surface area (Å²) in [5.41, 5.74) is 9.42. The smallest absolute Gasteiger partial charge is 0.248 e. The number of fused-ring (bicyclic) bond motifs is 1. The molecule has 4 nitrogen and oxygen atoms in total. The average Bonchev–Trinajstić information content (AvgIpc) is 3.12. The van der Waals surface area contributed by atoms with Gasteiger partial charge in [-0.05, 0) is 58.7 Å². The molecule has 0 saturated carbocycles. The minimum Gasteiger partial charge on any atom is -0.366 e. The van der Waals surface area contributed by atoms with Crippen LogP contribution in [0.4, 0.5) is 4.39 Å². The van der Waals surface area contributed by atoms with Crippen LogP contribution in [0.1, 0.15) is 32.7 Å². The van der Waals surface area contributed by atoms with E-state index >= 15 is 0 Å². The number of nitrogens with one attached hydrogen (secondary N) is 1. The Morgan fingerprint density at radius 2 is 1.72 bits per heavy atom. The number of likely N-dealkylation sites (N-methyl/N-ethyl adjacent to an activating group) is 1. The molecule has 0 saturated heterocycles. The highest BCUT2D eigenvalue weighted by atomic mass is 32.2. The Balaban J connectivity index is 1.77. The third-order valence-electron chi connectivity index (χ3n) is 5.11. The number of carbonyl (C=O) groups excluding carboxylic acids is 2.